The van der Waals surface area contributed by atoms with Gasteiger partial charge in [0.2, 0.25) is 0 Å². The van der Waals surface area contributed by atoms with Gasteiger partial charge in [-0.1, -0.05) is 11.6 Å². The van der Waals surface area contributed by atoms with Gasteiger partial charge in [-0.3, -0.25) is 4.98 Å². The van der Waals surface area contributed by atoms with Crippen molar-refractivity contribution in [2.75, 3.05) is 13.6 Å². The van der Waals surface area contributed by atoms with Crippen LogP contribution < -0.4 is 0 Å². The van der Waals surface area contributed by atoms with Crippen molar-refractivity contribution in [2.45, 2.75) is 44.4 Å². The van der Waals surface area contributed by atoms with Crippen LogP contribution in [0.15, 0.2) is 30.7 Å². The van der Waals surface area contributed by atoms with Crippen molar-refractivity contribution in [3.63, 3.8) is 0 Å². The van der Waals surface area contributed by atoms with Crippen molar-refractivity contribution in [3.05, 3.63) is 58.1 Å². The van der Waals surface area contributed by atoms with Crippen LogP contribution in [-0.4, -0.2) is 38.1 Å². The van der Waals surface area contributed by atoms with Gasteiger partial charge >= 0.3 is 0 Å². The van der Waals surface area contributed by atoms with Gasteiger partial charge in [0.1, 0.15) is 11.2 Å². The van der Waals surface area contributed by atoms with Gasteiger partial charge in [-0.05, 0) is 55.1 Å². The number of aryl methyl sites for hydroxylation is 1. The van der Waals surface area contributed by atoms with Crippen LogP contribution >= 0.6 is 11.6 Å². The quantitative estimate of drug-likeness (QED) is 0.738. The summed E-state index contributed by atoms with van der Waals surface area (Å²) < 4.78 is 2.24. The predicted molar refractivity (Wildman–Crippen MR) is 106 cm³/mol. The lowest BCUT2D eigenvalue weighted by Crippen LogP contribution is -2.36. The minimum absolute atomic E-state index is 0.522. The van der Waals surface area contributed by atoms with E-state index in [1.165, 1.54) is 11.3 Å². The lowest BCUT2D eigenvalue weighted by molar-refractivity contribution is 0.00150. The number of hydrogen-bond acceptors (Lipinski definition) is 4. The Balaban J connectivity index is 1.66. The number of pyridine rings is 2. The van der Waals surface area contributed by atoms with Gasteiger partial charge in [0, 0.05) is 49.2 Å². The van der Waals surface area contributed by atoms with Crippen molar-refractivity contribution in [1.29, 1.82) is 0 Å². The monoisotopic (exact) mass is 382 g/mol. The Bertz CT molecular complexity index is 1030. The highest BCUT2D eigenvalue weighted by molar-refractivity contribution is 6.31. The van der Waals surface area contributed by atoms with E-state index in [0.717, 1.165) is 60.9 Å². The Morgan fingerprint density at radius 3 is 3.07 bits per heavy atom. The van der Waals surface area contributed by atoms with Gasteiger partial charge in [0.05, 0.1) is 11.6 Å². The number of halogens is 1. The smallest absolute Gasteiger partial charge is 0.140 e. The Labute approximate surface area is 163 Å². The number of aromatic nitrogens is 3. The molecule has 0 amide bonds. The summed E-state index contributed by atoms with van der Waals surface area (Å²) in [5, 5.41) is 13.4. The van der Waals surface area contributed by atoms with Crippen LogP contribution in [0.4, 0.5) is 0 Å². The van der Waals surface area contributed by atoms with E-state index in [2.05, 4.69) is 26.5 Å². The van der Waals surface area contributed by atoms with Gasteiger partial charge < -0.3 is 14.6 Å². The summed E-state index contributed by atoms with van der Waals surface area (Å²) in [7, 11) is 2.14. The van der Waals surface area contributed by atoms with E-state index in [9.17, 15) is 5.11 Å². The van der Waals surface area contributed by atoms with Crippen LogP contribution in [-0.2, 0) is 31.5 Å². The highest BCUT2D eigenvalue weighted by Gasteiger charge is 2.37. The number of aliphatic hydroxyl groups is 1. The molecule has 0 radical (unpaired) electrons. The third-order valence-electron chi connectivity index (χ3n) is 6.11. The highest BCUT2D eigenvalue weighted by Crippen LogP contribution is 2.39. The van der Waals surface area contributed by atoms with E-state index in [0.29, 0.717) is 11.6 Å². The van der Waals surface area contributed by atoms with E-state index in [1.807, 2.05) is 18.3 Å². The van der Waals surface area contributed by atoms with E-state index >= 15 is 0 Å². The maximum Gasteiger partial charge on any atom is 0.140 e. The predicted octanol–water partition coefficient (Wildman–Crippen LogP) is 3.30. The molecular weight excluding hydrogens is 360 g/mol. The van der Waals surface area contributed by atoms with Gasteiger partial charge in [0.15, 0.2) is 0 Å². The summed E-state index contributed by atoms with van der Waals surface area (Å²) in [4.78, 5) is 11.2. The van der Waals surface area contributed by atoms with Crippen LogP contribution in [0.1, 0.15) is 35.2 Å². The molecule has 6 heteroatoms. The van der Waals surface area contributed by atoms with E-state index in [-0.39, 0.29) is 0 Å². The maximum atomic E-state index is 11.6. The molecule has 4 heterocycles. The first kappa shape index (κ1) is 17.2. The van der Waals surface area contributed by atoms with Crippen molar-refractivity contribution < 1.29 is 5.11 Å². The minimum Gasteiger partial charge on any atom is -0.383 e. The molecule has 0 spiro atoms. The van der Waals surface area contributed by atoms with E-state index < -0.39 is 5.60 Å². The third-order valence-corrected chi connectivity index (χ3v) is 6.31. The van der Waals surface area contributed by atoms with Gasteiger partial charge in [-0.2, -0.15) is 0 Å². The zero-order valence-electron chi connectivity index (χ0n) is 15.5. The molecule has 27 heavy (non-hydrogen) atoms. The number of likely N-dealkylation sites (N-methyl/N-ethyl adjacent to an activating group) is 1. The number of hydrogen-bond donors (Lipinski definition) is 1. The molecular formula is C21H23ClN4O. The Morgan fingerprint density at radius 1 is 1.30 bits per heavy atom. The molecule has 1 unspecified atom stereocenters. The molecule has 1 aliphatic carbocycles. The lowest BCUT2D eigenvalue weighted by Gasteiger charge is -2.35. The van der Waals surface area contributed by atoms with E-state index in [4.69, 9.17) is 11.6 Å². The molecule has 1 atom stereocenters. The van der Waals surface area contributed by atoms with Crippen molar-refractivity contribution in [3.8, 4) is 0 Å². The number of fused-ring (bicyclic) bond motifs is 4. The molecule has 1 aliphatic heterocycles. The van der Waals surface area contributed by atoms with Crippen LogP contribution in [0, 0.1) is 0 Å². The molecule has 0 aromatic carbocycles. The SMILES string of the molecule is CN1CCc2c(c3cc(Cl)cnc3n2CC2(O)CCCc3cnccc32)C1. The van der Waals surface area contributed by atoms with Crippen LogP contribution in [0.25, 0.3) is 11.0 Å². The normalized spacial score (nSPS) is 22.6. The first-order valence-electron chi connectivity index (χ1n) is 9.55. The minimum atomic E-state index is -0.888. The maximum absolute atomic E-state index is 11.6. The standard InChI is InChI=1S/C21H23ClN4O/c1-25-8-5-19-17(12-25)16-9-15(22)11-24-20(16)26(19)13-21(27)6-2-3-14-10-23-7-4-18(14)21/h4,7,9-11,27H,2-3,5-6,8,12-13H2,1H3. The van der Waals surface area contributed by atoms with Gasteiger partial charge in [-0.25, -0.2) is 4.98 Å². The fourth-order valence-electron chi connectivity index (χ4n) is 4.81. The Hall–Kier alpha value is -1.95. The van der Waals surface area contributed by atoms with Crippen molar-refractivity contribution in [2.24, 2.45) is 0 Å². The summed E-state index contributed by atoms with van der Waals surface area (Å²) in [6, 6.07) is 3.99. The second-order valence-corrected chi connectivity index (χ2v) is 8.38. The molecule has 140 valence electrons. The van der Waals surface area contributed by atoms with Gasteiger partial charge in [0.25, 0.3) is 0 Å². The third kappa shape index (κ3) is 2.76. The molecule has 0 saturated heterocycles. The first-order valence-corrected chi connectivity index (χ1v) is 9.93. The molecule has 3 aromatic rings. The number of rotatable bonds is 2. The molecule has 3 aromatic heterocycles. The average Bonchev–Trinajstić information content (AvgIpc) is 2.94. The topological polar surface area (TPSA) is 54.2 Å². The summed E-state index contributed by atoms with van der Waals surface area (Å²) >= 11 is 6.25. The summed E-state index contributed by atoms with van der Waals surface area (Å²) in [6.07, 6.45) is 9.05. The zero-order valence-corrected chi connectivity index (χ0v) is 16.2. The van der Waals surface area contributed by atoms with Crippen molar-refractivity contribution >= 4 is 22.6 Å². The van der Waals surface area contributed by atoms with Crippen LogP contribution in [0.3, 0.4) is 0 Å². The summed E-state index contributed by atoms with van der Waals surface area (Å²) in [5.41, 5.74) is 4.79. The molecule has 2 aliphatic rings. The van der Waals surface area contributed by atoms with Gasteiger partial charge in [-0.15, -0.1) is 0 Å². The molecule has 0 saturated carbocycles. The molecule has 0 bridgehead atoms. The van der Waals surface area contributed by atoms with E-state index in [1.54, 1.807) is 12.4 Å². The average molecular weight is 383 g/mol. The summed E-state index contributed by atoms with van der Waals surface area (Å²) in [5.74, 6) is 0. The summed E-state index contributed by atoms with van der Waals surface area (Å²) in [6.45, 7) is 2.42. The van der Waals surface area contributed by atoms with Crippen molar-refractivity contribution in [1.82, 2.24) is 19.4 Å². The fraction of sp³-hybridized carbons (Fsp3) is 0.429. The van der Waals surface area contributed by atoms with Crippen LogP contribution in [0.2, 0.25) is 5.02 Å². The second kappa shape index (κ2) is 6.30. The Kier molecular flexibility index (Phi) is 4.00. The Morgan fingerprint density at radius 2 is 2.19 bits per heavy atom. The molecule has 5 nitrogen and oxygen atoms in total. The highest BCUT2D eigenvalue weighted by atomic mass is 35.5. The zero-order chi connectivity index (χ0) is 18.6. The van der Waals surface area contributed by atoms with Crippen LogP contribution in [0.5, 0.6) is 0 Å². The molecule has 0 fully saturated rings. The fourth-order valence-corrected chi connectivity index (χ4v) is 4.96. The molecule has 1 N–H and O–H groups in total. The first-order chi connectivity index (χ1) is 13.0. The molecule has 5 rings (SSSR count). The number of nitrogens with zero attached hydrogens (tertiary/aromatic N) is 4. The second-order valence-electron chi connectivity index (χ2n) is 7.94. The largest absolute Gasteiger partial charge is 0.383 e. The lowest BCUT2D eigenvalue weighted by atomic mass is 9.80.